The van der Waals surface area contributed by atoms with E-state index in [9.17, 15) is 4.79 Å². The lowest BCUT2D eigenvalue weighted by atomic mass is 10.2. The lowest BCUT2D eigenvalue weighted by Gasteiger charge is -2.33. The van der Waals surface area contributed by atoms with E-state index in [1.807, 2.05) is 0 Å². The van der Waals surface area contributed by atoms with E-state index in [2.05, 4.69) is 10.2 Å². The Morgan fingerprint density at radius 1 is 1.62 bits per heavy atom. The lowest BCUT2D eigenvalue weighted by Crippen LogP contribution is -2.50. The van der Waals surface area contributed by atoms with Crippen LogP contribution < -0.4 is 11.1 Å². The monoisotopic (exact) mass is 227 g/mol. The number of ether oxygens (including phenoxy) is 1. The van der Waals surface area contributed by atoms with E-state index in [0.29, 0.717) is 6.54 Å². The number of carbonyl (C=O) groups is 1. The second-order valence-corrected chi connectivity index (χ2v) is 4.75. The summed E-state index contributed by atoms with van der Waals surface area (Å²) in [6, 6.07) is 0.332. The van der Waals surface area contributed by atoms with Crippen LogP contribution in [0.1, 0.15) is 19.8 Å². The maximum atomic E-state index is 11.3. The molecule has 16 heavy (non-hydrogen) atoms. The molecule has 1 aliphatic carbocycles. The van der Waals surface area contributed by atoms with Gasteiger partial charge in [-0.25, -0.2) is 0 Å². The van der Waals surface area contributed by atoms with Gasteiger partial charge in [-0.2, -0.15) is 0 Å². The smallest absolute Gasteiger partial charge is 0.236 e. The van der Waals surface area contributed by atoms with Gasteiger partial charge in [0.25, 0.3) is 0 Å². The van der Waals surface area contributed by atoms with E-state index in [1.165, 1.54) is 12.8 Å². The van der Waals surface area contributed by atoms with E-state index >= 15 is 0 Å². The van der Waals surface area contributed by atoms with Gasteiger partial charge in [0, 0.05) is 25.7 Å². The molecule has 2 atom stereocenters. The minimum absolute atomic E-state index is 0.104. The molecule has 0 aromatic rings. The first-order valence-electron chi connectivity index (χ1n) is 6.06. The van der Waals surface area contributed by atoms with Gasteiger partial charge < -0.3 is 15.8 Å². The summed E-state index contributed by atoms with van der Waals surface area (Å²) in [5, 5.41) is 2.82. The average molecular weight is 227 g/mol. The molecule has 2 aliphatic rings. The Balaban J connectivity index is 1.70. The van der Waals surface area contributed by atoms with Crippen LogP contribution in [0.2, 0.25) is 0 Å². The Hall–Kier alpha value is -0.650. The van der Waals surface area contributed by atoms with Crippen molar-refractivity contribution < 1.29 is 9.53 Å². The highest BCUT2D eigenvalue weighted by Gasteiger charge is 2.32. The van der Waals surface area contributed by atoms with Gasteiger partial charge in [0.1, 0.15) is 0 Å². The van der Waals surface area contributed by atoms with Crippen LogP contribution in [-0.4, -0.2) is 55.2 Å². The molecule has 0 bridgehead atoms. The van der Waals surface area contributed by atoms with Crippen LogP contribution in [0.4, 0.5) is 0 Å². The number of nitrogens with zero attached hydrogens (tertiary/aromatic N) is 1. The molecule has 5 nitrogen and oxygen atoms in total. The van der Waals surface area contributed by atoms with Gasteiger partial charge in [0.15, 0.2) is 0 Å². The van der Waals surface area contributed by atoms with Gasteiger partial charge >= 0.3 is 0 Å². The number of morpholine rings is 1. The minimum Gasteiger partial charge on any atom is -0.374 e. The molecule has 1 unspecified atom stereocenters. The van der Waals surface area contributed by atoms with Gasteiger partial charge in [0.05, 0.1) is 18.8 Å². The van der Waals surface area contributed by atoms with E-state index in [0.717, 1.165) is 25.7 Å². The quantitative estimate of drug-likeness (QED) is 0.667. The molecule has 0 radical (unpaired) electrons. The number of amides is 1. The van der Waals surface area contributed by atoms with Crippen molar-refractivity contribution in [1.29, 1.82) is 0 Å². The van der Waals surface area contributed by atoms with Crippen LogP contribution >= 0.6 is 0 Å². The topological polar surface area (TPSA) is 67.6 Å². The van der Waals surface area contributed by atoms with Crippen LogP contribution in [0.3, 0.4) is 0 Å². The predicted octanol–water partition coefficient (Wildman–Crippen LogP) is -0.687. The van der Waals surface area contributed by atoms with Crippen LogP contribution in [0.5, 0.6) is 0 Å². The highest BCUT2D eigenvalue weighted by molar-refractivity contribution is 5.80. The summed E-state index contributed by atoms with van der Waals surface area (Å²) in [6.07, 6.45) is 2.76. The fourth-order valence-electron chi connectivity index (χ4n) is 2.01. The second-order valence-electron chi connectivity index (χ2n) is 4.75. The zero-order chi connectivity index (χ0) is 11.5. The van der Waals surface area contributed by atoms with Gasteiger partial charge in [-0.3, -0.25) is 9.69 Å². The Kier molecular flexibility index (Phi) is 3.78. The molecule has 0 aromatic carbocycles. The highest BCUT2D eigenvalue weighted by atomic mass is 16.5. The molecular weight excluding hydrogens is 206 g/mol. The van der Waals surface area contributed by atoms with Crippen LogP contribution in [0.25, 0.3) is 0 Å². The van der Waals surface area contributed by atoms with Gasteiger partial charge in [-0.05, 0) is 19.8 Å². The number of rotatable bonds is 4. The molecule has 1 saturated heterocycles. The molecule has 5 heteroatoms. The summed E-state index contributed by atoms with van der Waals surface area (Å²) < 4.78 is 5.62. The molecule has 2 rings (SSSR count). The van der Waals surface area contributed by atoms with Crippen molar-refractivity contribution in [3.8, 4) is 0 Å². The summed E-state index contributed by atoms with van der Waals surface area (Å²) in [7, 11) is 0. The number of nitrogens with one attached hydrogen (secondary N) is 1. The Morgan fingerprint density at radius 3 is 3.00 bits per heavy atom. The zero-order valence-electron chi connectivity index (χ0n) is 9.82. The van der Waals surface area contributed by atoms with Crippen LogP contribution in [0.15, 0.2) is 0 Å². The zero-order valence-corrected chi connectivity index (χ0v) is 9.82. The average Bonchev–Trinajstić information content (AvgIpc) is 3.10. The molecule has 1 heterocycles. The first-order valence-corrected chi connectivity index (χ1v) is 6.06. The maximum absolute atomic E-state index is 11.3. The van der Waals surface area contributed by atoms with E-state index in [1.54, 1.807) is 6.92 Å². The summed E-state index contributed by atoms with van der Waals surface area (Å²) in [4.78, 5) is 13.8. The Bertz CT molecular complexity index is 254. The summed E-state index contributed by atoms with van der Waals surface area (Å²) >= 11 is 0. The number of carbonyl (C=O) groups excluding carboxylic acids is 1. The van der Waals surface area contributed by atoms with Crippen molar-refractivity contribution in [1.82, 2.24) is 10.2 Å². The van der Waals surface area contributed by atoms with Crippen molar-refractivity contribution in [3.05, 3.63) is 0 Å². The molecule has 1 saturated carbocycles. The molecule has 0 aromatic heterocycles. The third kappa shape index (κ3) is 3.17. The van der Waals surface area contributed by atoms with Gasteiger partial charge in [-0.15, -0.1) is 0 Å². The van der Waals surface area contributed by atoms with Gasteiger partial charge in [-0.1, -0.05) is 0 Å². The molecule has 1 amide bonds. The molecule has 92 valence electrons. The van der Waals surface area contributed by atoms with Crippen LogP contribution in [-0.2, 0) is 9.53 Å². The van der Waals surface area contributed by atoms with E-state index in [4.69, 9.17) is 10.5 Å². The predicted molar refractivity (Wildman–Crippen MR) is 61.0 cm³/mol. The Labute approximate surface area is 96.3 Å². The largest absolute Gasteiger partial charge is 0.374 e. The van der Waals surface area contributed by atoms with Crippen molar-refractivity contribution in [3.63, 3.8) is 0 Å². The summed E-state index contributed by atoms with van der Waals surface area (Å²) in [5.41, 5.74) is 5.47. The first-order chi connectivity index (χ1) is 7.66. The SMILES string of the molecule is C[C@@H](N)C(=O)NCC1CN(C2CC2)CCO1. The molecule has 3 N–H and O–H groups in total. The highest BCUT2D eigenvalue weighted by Crippen LogP contribution is 2.27. The summed E-state index contributed by atoms with van der Waals surface area (Å²) in [5.74, 6) is -0.104. The standard InChI is InChI=1S/C11H21N3O2/c1-8(12)11(15)13-6-10-7-14(4-5-16-10)9-2-3-9/h8-10H,2-7,12H2,1H3,(H,13,15)/t8-,10?/m1/s1. The Morgan fingerprint density at radius 2 is 2.38 bits per heavy atom. The molecule has 0 spiro atoms. The molecular formula is C11H21N3O2. The van der Waals surface area contributed by atoms with Crippen LogP contribution in [0, 0.1) is 0 Å². The normalized spacial score (nSPS) is 28.8. The summed E-state index contributed by atoms with van der Waals surface area (Å²) in [6.45, 7) is 5.00. The lowest BCUT2D eigenvalue weighted by molar-refractivity contribution is -0.123. The first kappa shape index (κ1) is 11.8. The van der Waals surface area contributed by atoms with Crippen molar-refractivity contribution in [2.24, 2.45) is 5.73 Å². The minimum atomic E-state index is -0.442. The number of hydrogen-bond donors (Lipinski definition) is 2. The van der Waals surface area contributed by atoms with E-state index in [-0.39, 0.29) is 12.0 Å². The number of hydrogen-bond acceptors (Lipinski definition) is 4. The molecule has 2 fully saturated rings. The fraction of sp³-hybridized carbons (Fsp3) is 0.909. The third-order valence-electron chi connectivity index (χ3n) is 3.15. The second kappa shape index (κ2) is 5.12. The maximum Gasteiger partial charge on any atom is 0.236 e. The van der Waals surface area contributed by atoms with Crippen molar-refractivity contribution >= 4 is 5.91 Å². The van der Waals surface area contributed by atoms with Crippen molar-refractivity contribution in [2.45, 2.75) is 38.0 Å². The molecule has 1 aliphatic heterocycles. The van der Waals surface area contributed by atoms with E-state index < -0.39 is 6.04 Å². The number of nitrogens with two attached hydrogens (primary N) is 1. The fourth-order valence-corrected chi connectivity index (χ4v) is 2.01. The third-order valence-corrected chi connectivity index (χ3v) is 3.15. The van der Waals surface area contributed by atoms with Crippen molar-refractivity contribution in [2.75, 3.05) is 26.2 Å². The van der Waals surface area contributed by atoms with Gasteiger partial charge in [0.2, 0.25) is 5.91 Å².